The number of nitrogens with zero attached hydrogens (tertiary/aromatic N) is 3. The van der Waals surface area contributed by atoms with Crippen LogP contribution in [-0.2, 0) is 7.05 Å². The van der Waals surface area contributed by atoms with Crippen molar-refractivity contribution in [2.45, 2.75) is 13.0 Å². The third kappa shape index (κ3) is 1.49. The standard InChI is InChI=1S/C10H15N5O2/c1-5-12-10(15(16)17)9(14(5)2)13-8-6-3-11-4-7(6)8/h6-8,11,13H,3-4H2,1-2H3. The van der Waals surface area contributed by atoms with Crippen LogP contribution in [0.25, 0.3) is 0 Å². The highest BCUT2D eigenvalue weighted by Crippen LogP contribution is 2.44. The average molecular weight is 237 g/mol. The molecule has 0 aromatic carbocycles. The number of aryl methyl sites for hydroxylation is 1. The van der Waals surface area contributed by atoms with Crippen LogP contribution in [0.5, 0.6) is 0 Å². The van der Waals surface area contributed by atoms with Gasteiger partial charge in [0.25, 0.3) is 0 Å². The van der Waals surface area contributed by atoms with Crippen molar-refractivity contribution < 1.29 is 4.92 Å². The zero-order valence-electron chi connectivity index (χ0n) is 9.80. The number of anilines is 1. The van der Waals surface area contributed by atoms with Gasteiger partial charge < -0.3 is 20.7 Å². The number of aromatic nitrogens is 2. The monoisotopic (exact) mass is 237 g/mol. The number of nitro groups is 1. The van der Waals surface area contributed by atoms with Crippen LogP contribution in [0.1, 0.15) is 5.82 Å². The van der Waals surface area contributed by atoms with Gasteiger partial charge in [-0.1, -0.05) is 0 Å². The molecule has 2 aliphatic rings. The van der Waals surface area contributed by atoms with Gasteiger partial charge in [-0.3, -0.25) is 4.57 Å². The van der Waals surface area contributed by atoms with E-state index in [4.69, 9.17) is 0 Å². The van der Waals surface area contributed by atoms with Crippen molar-refractivity contribution in [3.63, 3.8) is 0 Å². The Kier molecular flexibility index (Phi) is 2.12. The lowest BCUT2D eigenvalue weighted by molar-refractivity contribution is -0.388. The zero-order valence-corrected chi connectivity index (χ0v) is 9.80. The second-order valence-corrected chi connectivity index (χ2v) is 4.80. The van der Waals surface area contributed by atoms with E-state index in [1.165, 1.54) is 0 Å². The first-order valence-electron chi connectivity index (χ1n) is 5.74. The van der Waals surface area contributed by atoms with Crippen LogP contribution in [0.3, 0.4) is 0 Å². The number of imidazole rings is 1. The van der Waals surface area contributed by atoms with E-state index in [-0.39, 0.29) is 5.82 Å². The SMILES string of the molecule is Cc1nc([N+](=O)[O-])c(NC2C3CNCC32)n1C. The zero-order chi connectivity index (χ0) is 12.2. The first-order chi connectivity index (χ1) is 8.09. The Morgan fingerprint density at radius 2 is 2.18 bits per heavy atom. The Morgan fingerprint density at radius 1 is 1.53 bits per heavy atom. The molecule has 2 N–H and O–H groups in total. The van der Waals surface area contributed by atoms with Gasteiger partial charge in [-0.25, -0.2) is 0 Å². The molecule has 17 heavy (non-hydrogen) atoms. The number of piperidine rings is 1. The van der Waals surface area contributed by atoms with Gasteiger partial charge in [0.2, 0.25) is 11.6 Å². The molecule has 2 unspecified atom stereocenters. The molecule has 3 rings (SSSR count). The molecular weight excluding hydrogens is 222 g/mol. The smallest absolute Gasteiger partial charge is 0.361 e. The summed E-state index contributed by atoms with van der Waals surface area (Å²) < 4.78 is 1.75. The van der Waals surface area contributed by atoms with E-state index in [0.717, 1.165) is 13.1 Å². The van der Waals surface area contributed by atoms with Crippen molar-refractivity contribution in [1.82, 2.24) is 14.9 Å². The van der Waals surface area contributed by atoms with E-state index >= 15 is 0 Å². The summed E-state index contributed by atoms with van der Waals surface area (Å²) in [6.45, 7) is 3.79. The molecule has 92 valence electrons. The summed E-state index contributed by atoms with van der Waals surface area (Å²) >= 11 is 0. The summed E-state index contributed by atoms with van der Waals surface area (Å²) in [5.74, 6) is 2.35. The number of rotatable bonds is 3. The van der Waals surface area contributed by atoms with E-state index in [1.807, 2.05) is 0 Å². The van der Waals surface area contributed by atoms with Crippen LogP contribution in [0, 0.1) is 28.9 Å². The van der Waals surface area contributed by atoms with Crippen molar-refractivity contribution in [3.8, 4) is 0 Å². The molecule has 1 aromatic heterocycles. The fraction of sp³-hybridized carbons (Fsp3) is 0.700. The van der Waals surface area contributed by atoms with Gasteiger partial charge in [0, 0.05) is 33.1 Å². The van der Waals surface area contributed by atoms with E-state index in [0.29, 0.717) is 29.5 Å². The van der Waals surface area contributed by atoms with Crippen LogP contribution in [0.2, 0.25) is 0 Å². The van der Waals surface area contributed by atoms with Gasteiger partial charge in [0.05, 0.1) is 0 Å². The van der Waals surface area contributed by atoms with Crippen molar-refractivity contribution >= 4 is 11.6 Å². The van der Waals surface area contributed by atoms with Crippen LogP contribution in [0.15, 0.2) is 0 Å². The van der Waals surface area contributed by atoms with E-state index in [9.17, 15) is 10.1 Å². The van der Waals surface area contributed by atoms with Crippen LogP contribution < -0.4 is 10.6 Å². The topological polar surface area (TPSA) is 85.0 Å². The summed E-state index contributed by atoms with van der Waals surface area (Å²) in [7, 11) is 1.80. The maximum absolute atomic E-state index is 10.9. The third-order valence-electron chi connectivity index (χ3n) is 3.87. The first-order valence-corrected chi connectivity index (χ1v) is 5.74. The maximum Gasteiger partial charge on any atom is 0.406 e. The lowest BCUT2D eigenvalue weighted by atomic mass is 10.4. The molecule has 0 bridgehead atoms. The summed E-state index contributed by atoms with van der Waals surface area (Å²) in [6.07, 6.45) is 0. The molecular formula is C10H15N5O2. The molecule has 2 heterocycles. The summed E-state index contributed by atoms with van der Waals surface area (Å²) in [5, 5.41) is 17.5. The molecule has 0 spiro atoms. The molecule has 2 atom stereocenters. The van der Waals surface area contributed by atoms with Gasteiger partial charge in [-0.05, 0) is 21.7 Å². The Morgan fingerprint density at radius 3 is 2.76 bits per heavy atom. The minimum absolute atomic E-state index is 0.0667. The van der Waals surface area contributed by atoms with E-state index in [1.54, 1.807) is 18.5 Å². The molecule has 1 aromatic rings. The Bertz CT molecular complexity index is 473. The summed E-state index contributed by atoms with van der Waals surface area (Å²) in [6, 6.07) is 0.366. The van der Waals surface area contributed by atoms with Crippen LogP contribution in [0.4, 0.5) is 11.6 Å². The highest BCUT2D eigenvalue weighted by atomic mass is 16.6. The molecule has 1 saturated heterocycles. The highest BCUT2D eigenvalue weighted by molar-refractivity contribution is 5.55. The molecule has 7 heteroatoms. The summed E-state index contributed by atoms with van der Waals surface area (Å²) in [5.41, 5.74) is 0. The Hall–Kier alpha value is -1.63. The largest absolute Gasteiger partial charge is 0.406 e. The Labute approximate surface area is 98.4 Å². The van der Waals surface area contributed by atoms with E-state index < -0.39 is 4.92 Å². The van der Waals surface area contributed by atoms with Crippen molar-refractivity contribution in [2.24, 2.45) is 18.9 Å². The lowest BCUT2D eigenvalue weighted by Crippen LogP contribution is -2.22. The van der Waals surface area contributed by atoms with Crippen molar-refractivity contribution in [1.29, 1.82) is 0 Å². The number of hydrogen-bond donors (Lipinski definition) is 2. The normalized spacial score (nSPS) is 30.1. The lowest BCUT2D eigenvalue weighted by Gasteiger charge is -2.08. The van der Waals surface area contributed by atoms with Gasteiger partial charge in [-0.2, -0.15) is 0 Å². The summed E-state index contributed by atoms with van der Waals surface area (Å²) in [4.78, 5) is 14.5. The third-order valence-corrected chi connectivity index (χ3v) is 3.87. The predicted molar refractivity (Wildman–Crippen MR) is 61.9 cm³/mol. The van der Waals surface area contributed by atoms with Crippen LogP contribution in [-0.4, -0.2) is 33.6 Å². The fourth-order valence-corrected chi connectivity index (χ4v) is 2.67. The minimum atomic E-state index is -0.425. The quantitative estimate of drug-likeness (QED) is 0.582. The number of hydrogen-bond acceptors (Lipinski definition) is 5. The number of nitrogens with one attached hydrogen (secondary N) is 2. The second kappa shape index (κ2) is 3.43. The maximum atomic E-state index is 10.9. The van der Waals surface area contributed by atoms with Gasteiger partial charge in [-0.15, -0.1) is 0 Å². The molecule has 7 nitrogen and oxygen atoms in total. The molecule has 1 saturated carbocycles. The van der Waals surface area contributed by atoms with Crippen molar-refractivity contribution in [2.75, 3.05) is 18.4 Å². The molecule has 0 amide bonds. The van der Waals surface area contributed by atoms with Gasteiger partial charge in [0.1, 0.15) is 0 Å². The minimum Gasteiger partial charge on any atom is -0.361 e. The molecule has 1 aliphatic carbocycles. The number of fused-ring (bicyclic) bond motifs is 1. The predicted octanol–water partition coefficient (Wildman–Crippen LogP) is 0.266. The molecule has 2 fully saturated rings. The molecule has 0 radical (unpaired) electrons. The van der Waals surface area contributed by atoms with Crippen molar-refractivity contribution in [3.05, 3.63) is 15.9 Å². The van der Waals surface area contributed by atoms with Gasteiger partial charge in [0.15, 0.2) is 0 Å². The second-order valence-electron chi connectivity index (χ2n) is 4.80. The van der Waals surface area contributed by atoms with Gasteiger partial charge >= 0.3 is 5.82 Å². The van der Waals surface area contributed by atoms with E-state index in [2.05, 4.69) is 15.6 Å². The average Bonchev–Trinajstić information content (AvgIpc) is 2.62. The molecule has 1 aliphatic heterocycles. The Balaban J connectivity index is 1.84. The van der Waals surface area contributed by atoms with Crippen LogP contribution >= 0.6 is 0 Å². The first kappa shape index (κ1) is 10.5. The fourth-order valence-electron chi connectivity index (χ4n) is 2.67. The highest BCUT2D eigenvalue weighted by Gasteiger charge is 2.53.